The molecule has 0 atom stereocenters. The normalized spacial score (nSPS) is 10.0. The van der Waals surface area contributed by atoms with Crippen molar-refractivity contribution in [3.8, 4) is 0 Å². The summed E-state index contributed by atoms with van der Waals surface area (Å²) in [5, 5.41) is 5.23. The largest absolute Gasteiger partial charge is 0.318 e. The lowest BCUT2D eigenvalue weighted by Crippen LogP contribution is -2.29. The monoisotopic (exact) mass is 282 g/mol. The maximum Gasteiger partial charge on any atom is 0.314 e. The molecule has 2 N–H and O–H groups in total. The highest BCUT2D eigenvalue weighted by molar-refractivity contribution is 6.43. The molecule has 0 aliphatic carbocycles. The van der Waals surface area contributed by atoms with Gasteiger partial charge in [0.25, 0.3) is 0 Å². The van der Waals surface area contributed by atoms with Crippen LogP contribution in [-0.4, -0.2) is 11.8 Å². The number of para-hydroxylation sites is 1. The van der Waals surface area contributed by atoms with Gasteiger partial charge in [-0.25, -0.2) is 0 Å². The van der Waals surface area contributed by atoms with Gasteiger partial charge < -0.3 is 10.6 Å². The Morgan fingerprint density at radius 3 is 2.38 bits per heavy atom. The molecule has 4 heteroatoms. The lowest BCUT2D eigenvalue weighted by molar-refractivity contribution is -0.133. The Hall–Kier alpha value is -2.62. The second-order valence-corrected chi connectivity index (χ2v) is 4.79. The zero-order valence-corrected chi connectivity index (χ0v) is 12.1. The molecule has 2 aromatic carbocycles. The Kier molecular flexibility index (Phi) is 4.72. The van der Waals surface area contributed by atoms with Gasteiger partial charge in [0.1, 0.15) is 0 Å². The molecule has 0 spiro atoms. The molecule has 0 aliphatic heterocycles. The fourth-order valence-electron chi connectivity index (χ4n) is 2.04. The van der Waals surface area contributed by atoms with Gasteiger partial charge in [-0.3, -0.25) is 9.59 Å². The van der Waals surface area contributed by atoms with E-state index in [1.807, 2.05) is 50.2 Å². The van der Waals surface area contributed by atoms with Crippen LogP contribution in [0, 0.1) is 6.92 Å². The molecule has 21 heavy (non-hydrogen) atoms. The van der Waals surface area contributed by atoms with Crippen molar-refractivity contribution in [1.82, 2.24) is 0 Å². The van der Waals surface area contributed by atoms with E-state index in [0.29, 0.717) is 11.4 Å². The number of rotatable bonds is 3. The second-order valence-electron chi connectivity index (χ2n) is 4.79. The van der Waals surface area contributed by atoms with Crippen LogP contribution in [0.4, 0.5) is 11.4 Å². The molecular formula is C17H18N2O2. The smallest absolute Gasteiger partial charge is 0.314 e. The van der Waals surface area contributed by atoms with E-state index in [9.17, 15) is 9.59 Å². The van der Waals surface area contributed by atoms with E-state index in [2.05, 4.69) is 10.6 Å². The molecule has 2 amide bonds. The average Bonchev–Trinajstić information content (AvgIpc) is 2.47. The lowest BCUT2D eigenvalue weighted by atomic mass is 10.1. The van der Waals surface area contributed by atoms with Crippen LogP contribution in [0.1, 0.15) is 18.1 Å². The Bertz CT molecular complexity index is 665. The van der Waals surface area contributed by atoms with Crippen LogP contribution >= 0.6 is 0 Å². The van der Waals surface area contributed by atoms with Crippen LogP contribution < -0.4 is 10.6 Å². The fraction of sp³-hybridized carbons (Fsp3) is 0.176. The van der Waals surface area contributed by atoms with Crippen LogP contribution in [-0.2, 0) is 16.0 Å². The minimum Gasteiger partial charge on any atom is -0.318 e. The summed E-state index contributed by atoms with van der Waals surface area (Å²) in [5.41, 5.74) is 3.29. The number of carbonyl (C=O) groups excluding carboxylic acids is 2. The third-order valence-electron chi connectivity index (χ3n) is 3.13. The van der Waals surface area contributed by atoms with Crippen molar-refractivity contribution >= 4 is 23.2 Å². The zero-order valence-electron chi connectivity index (χ0n) is 12.1. The number of nitrogens with one attached hydrogen (secondary N) is 2. The van der Waals surface area contributed by atoms with Gasteiger partial charge in [-0.1, -0.05) is 37.3 Å². The summed E-state index contributed by atoms with van der Waals surface area (Å²) in [4.78, 5) is 23.9. The van der Waals surface area contributed by atoms with Crippen molar-refractivity contribution in [3.63, 3.8) is 0 Å². The number of benzene rings is 2. The number of amides is 2. The number of hydrogen-bond donors (Lipinski definition) is 2. The van der Waals surface area contributed by atoms with Gasteiger partial charge in [0.15, 0.2) is 0 Å². The van der Waals surface area contributed by atoms with Crippen LogP contribution in [0.5, 0.6) is 0 Å². The van der Waals surface area contributed by atoms with Gasteiger partial charge in [0.2, 0.25) is 0 Å². The van der Waals surface area contributed by atoms with Crippen molar-refractivity contribution in [2.75, 3.05) is 10.6 Å². The first-order valence-electron chi connectivity index (χ1n) is 6.87. The summed E-state index contributed by atoms with van der Waals surface area (Å²) in [6, 6.07) is 14.8. The van der Waals surface area contributed by atoms with Crippen molar-refractivity contribution in [3.05, 3.63) is 59.7 Å². The Balaban J connectivity index is 2.04. The highest BCUT2D eigenvalue weighted by Gasteiger charge is 2.15. The molecule has 0 saturated heterocycles. The predicted molar refractivity (Wildman–Crippen MR) is 84.3 cm³/mol. The molecule has 2 aromatic rings. The van der Waals surface area contributed by atoms with Crippen molar-refractivity contribution in [2.24, 2.45) is 0 Å². The number of anilines is 2. The van der Waals surface area contributed by atoms with E-state index in [0.717, 1.165) is 17.5 Å². The molecule has 0 heterocycles. The highest BCUT2D eigenvalue weighted by atomic mass is 16.2. The number of carbonyl (C=O) groups is 2. The van der Waals surface area contributed by atoms with Crippen LogP contribution in [0.2, 0.25) is 0 Å². The molecule has 0 unspecified atom stereocenters. The maximum absolute atomic E-state index is 11.9. The van der Waals surface area contributed by atoms with Crippen LogP contribution in [0.3, 0.4) is 0 Å². The van der Waals surface area contributed by atoms with Crippen molar-refractivity contribution in [2.45, 2.75) is 20.3 Å². The maximum atomic E-state index is 11.9. The summed E-state index contributed by atoms with van der Waals surface area (Å²) in [7, 11) is 0. The third kappa shape index (κ3) is 3.92. The Labute approximate surface area is 124 Å². The summed E-state index contributed by atoms with van der Waals surface area (Å²) in [5.74, 6) is -1.34. The number of hydrogen-bond acceptors (Lipinski definition) is 2. The molecule has 0 fully saturated rings. The van der Waals surface area contributed by atoms with Crippen molar-refractivity contribution in [1.29, 1.82) is 0 Å². The standard InChI is InChI=1S/C17H18N2O2/c1-3-13-8-4-5-10-15(13)19-17(21)16(20)18-14-9-6-7-12(2)11-14/h4-11H,3H2,1-2H3,(H,18,20)(H,19,21). The summed E-state index contributed by atoms with van der Waals surface area (Å²) < 4.78 is 0. The topological polar surface area (TPSA) is 58.2 Å². The van der Waals surface area contributed by atoms with Gasteiger partial charge in [0.05, 0.1) is 0 Å². The van der Waals surface area contributed by atoms with Crippen LogP contribution in [0.15, 0.2) is 48.5 Å². The second kappa shape index (κ2) is 6.70. The minimum atomic E-state index is -0.675. The molecule has 0 bridgehead atoms. The van der Waals surface area contributed by atoms with Gasteiger partial charge in [-0.2, -0.15) is 0 Å². The first kappa shape index (κ1) is 14.8. The Morgan fingerprint density at radius 2 is 1.67 bits per heavy atom. The van der Waals surface area contributed by atoms with Gasteiger partial charge in [-0.15, -0.1) is 0 Å². The van der Waals surface area contributed by atoms with E-state index in [4.69, 9.17) is 0 Å². The van der Waals surface area contributed by atoms with E-state index in [1.54, 1.807) is 12.1 Å². The molecule has 4 nitrogen and oxygen atoms in total. The van der Waals surface area contributed by atoms with Gasteiger partial charge in [0, 0.05) is 11.4 Å². The summed E-state index contributed by atoms with van der Waals surface area (Å²) in [6.07, 6.45) is 0.788. The van der Waals surface area contributed by atoms with E-state index < -0.39 is 11.8 Å². The Morgan fingerprint density at radius 1 is 0.952 bits per heavy atom. The van der Waals surface area contributed by atoms with Gasteiger partial charge >= 0.3 is 11.8 Å². The number of aryl methyl sites for hydroxylation is 2. The molecule has 108 valence electrons. The summed E-state index contributed by atoms with van der Waals surface area (Å²) in [6.45, 7) is 3.92. The minimum absolute atomic E-state index is 0.610. The SMILES string of the molecule is CCc1ccccc1NC(=O)C(=O)Nc1cccc(C)c1. The van der Waals surface area contributed by atoms with Crippen LogP contribution in [0.25, 0.3) is 0 Å². The summed E-state index contributed by atoms with van der Waals surface area (Å²) >= 11 is 0. The molecule has 0 saturated carbocycles. The molecule has 0 radical (unpaired) electrons. The molecule has 0 aliphatic rings. The quantitative estimate of drug-likeness (QED) is 0.850. The van der Waals surface area contributed by atoms with E-state index in [1.165, 1.54) is 0 Å². The third-order valence-corrected chi connectivity index (χ3v) is 3.13. The van der Waals surface area contributed by atoms with E-state index >= 15 is 0 Å². The lowest BCUT2D eigenvalue weighted by Gasteiger charge is -2.10. The van der Waals surface area contributed by atoms with Gasteiger partial charge in [-0.05, 0) is 42.7 Å². The molecular weight excluding hydrogens is 264 g/mol. The van der Waals surface area contributed by atoms with Crippen molar-refractivity contribution < 1.29 is 9.59 Å². The highest BCUT2D eigenvalue weighted by Crippen LogP contribution is 2.15. The first-order valence-corrected chi connectivity index (χ1v) is 6.87. The molecule has 0 aromatic heterocycles. The fourth-order valence-corrected chi connectivity index (χ4v) is 2.04. The predicted octanol–water partition coefficient (Wildman–Crippen LogP) is 3.13. The zero-order chi connectivity index (χ0) is 15.2. The average molecular weight is 282 g/mol. The molecule has 2 rings (SSSR count). The first-order chi connectivity index (χ1) is 10.1. The van der Waals surface area contributed by atoms with E-state index in [-0.39, 0.29) is 0 Å².